The lowest BCUT2D eigenvalue weighted by Crippen LogP contribution is -1.89. The summed E-state index contributed by atoms with van der Waals surface area (Å²) in [5.41, 5.74) is 0. The van der Waals surface area contributed by atoms with Crippen LogP contribution in [0, 0.1) is 5.92 Å². The Morgan fingerprint density at radius 3 is 2.62 bits per heavy atom. The highest BCUT2D eigenvalue weighted by atomic mass is 15.1. The number of hydrogen-bond donors (Lipinski definition) is 0. The zero-order chi connectivity index (χ0) is 6.41. The topological polar surface area (TPSA) is 24.7 Å². The maximum absolute atomic E-state index is 3.80. The van der Waals surface area contributed by atoms with E-state index >= 15 is 0 Å². The van der Waals surface area contributed by atoms with Gasteiger partial charge in [0, 0.05) is 6.20 Å². The van der Waals surface area contributed by atoms with Gasteiger partial charge in [0.15, 0.2) is 0 Å². The summed E-state index contributed by atoms with van der Waals surface area (Å²) in [5.74, 6) is 0.596. The Labute approximate surface area is 50.3 Å². The second-order valence-electron chi connectivity index (χ2n) is 2.02. The second kappa shape index (κ2) is 4.50. The molecule has 0 radical (unpaired) electrons. The van der Waals surface area contributed by atoms with E-state index in [1.54, 1.807) is 0 Å². The van der Waals surface area contributed by atoms with Crippen LogP contribution in [0.15, 0.2) is 23.0 Å². The molecule has 46 valence electrons. The summed E-state index contributed by atoms with van der Waals surface area (Å²) < 4.78 is 0. The number of azo groups is 1. The summed E-state index contributed by atoms with van der Waals surface area (Å²) in [5, 5.41) is 7.40. The largest absolute Gasteiger partial charge is 0.189 e. The molecule has 0 aliphatic carbocycles. The van der Waals surface area contributed by atoms with Gasteiger partial charge in [-0.3, -0.25) is 0 Å². The molecule has 0 rings (SSSR count). The molecule has 2 heteroatoms. The van der Waals surface area contributed by atoms with Crippen molar-refractivity contribution >= 4 is 0 Å². The average molecular weight is 112 g/mol. The fourth-order valence-electron chi connectivity index (χ4n) is 0.268. The number of nitrogens with zero attached hydrogens (tertiary/aromatic N) is 2. The molecule has 0 aliphatic rings. The first-order valence-electron chi connectivity index (χ1n) is 2.75. The van der Waals surface area contributed by atoms with Crippen LogP contribution >= 0.6 is 0 Å². The van der Waals surface area contributed by atoms with Crippen LogP contribution in [0.2, 0.25) is 0 Å². The van der Waals surface area contributed by atoms with E-state index in [4.69, 9.17) is 0 Å². The van der Waals surface area contributed by atoms with Gasteiger partial charge in [-0.05, 0) is 5.92 Å². The molecule has 0 aromatic heterocycles. The Morgan fingerprint density at radius 1 is 1.62 bits per heavy atom. The molecule has 0 saturated carbocycles. The van der Waals surface area contributed by atoms with Crippen LogP contribution in [-0.4, -0.2) is 6.54 Å². The third-order valence-electron chi connectivity index (χ3n) is 0.610. The smallest absolute Gasteiger partial charge is 0.0626 e. The van der Waals surface area contributed by atoms with Crippen molar-refractivity contribution < 1.29 is 0 Å². The molecule has 0 heterocycles. The van der Waals surface area contributed by atoms with E-state index < -0.39 is 0 Å². The standard InChI is InChI=1S/C6H12N2/c1-4-7-8-5-6(2)3/h4,6H,1,5H2,2-3H3. The van der Waals surface area contributed by atoms with Crippen LogP contribution in [0.1, 0.15) is 13.8 Å². The Morgan fingerprint density at radius 2 is 2.25 bits per heavy atom. The number of hydrogen-bond acceptors (Lipinski definition) is 2. The molecule has 0 amide bonds. The van der Waals surface area contributed by atoms with E-state index in [-0.39, 0.29) is 0 Å². The summed E-state index contributed by atoms with van der Waals surface area (Å²) in [6, 6.07) is 0. The van der Waals surface area contributed by atoms with Gasteiger partial charge in [-0.2, -0.15) is 10.2 Å². The predicted molar refractivity (Wildman–Crippen MR) is 34.8 cm³/mol. The van der Waals surface area contributed by atoms with Gasteiger partial charge in [0.1, 0.15) is 0 Å². The van der Waals surface area contributed by atoms with Crippen molar-refractivity contribution in [2.24, 2.45) is 16.1 Å². The highest BCUT2D eigenvalue weighted by molar-refractivity contribution is 4.58. The lowest BCUT2D eigenvalue weighted by atomic mass is 10.2. The third kappa shape index (κ3) is 5.34. The van der Waals surface area contributed by atoms with E-state index in [0.29, 0.717) is 5.92 Å². The van der Waals surface area contributed by atoms with Crippen molar-refractivity contribution in [2.75, 3.05) is 6.54 Å². The maximum Gasteiger partial charge on any atom is 0.0626 e. The van der Waals surface area contributed by atoms with Crippen molar-refractivity contribution in [3.05, 3.63) is 12.8 Å². The molecule has 0 aliphatic heterocycles. The fourth-order valence-corrected chi connectivity index (χ4v) is 0.268. The Bertz CT molecular complexity index is 84.5. The van der Waals surface area contributed by atoms with Gasteiger partial charge in [-0.25, -0.2) is 0 Å². The first-order valence-corrected chi connectivity index (χ1v) is 2.75. The van der Waals surface area contributed by atoms with Gasteiger partial charge in [-0.15, -0.1) is 0 Å². The Balaban J connectivity index is 3.15. The number of rotatable bonds is 3. The summed E-state index contributed by atoms with van der Waals surface area (Å²) >= 11 is 0. The monoisotopic (exact) mass is 112 g/mol. The first-order chi connectivity index (χ1) is 3.77. The van der Waals surface area contributed by atoms with Crippen molar-refractivity contribution in [3.63, 3.8) is 0 Å². The van der Waals surface area contributed by atoms with E-state index in [1.165, 1.54) is 6.20 Å². The molecule has 0 unspecified atom stereocenters. The van der Waals surface area contributed by atoms with Crippen LogP contribution in [-0.2, 0) is 0 Å². The molecule has 0 aromatic carbocycles. The molecular weight excluding hydrogens is 100 g/mol. The Kier molecular flexibility index (Phi) is 4.13. The van der Waals surface area contributed by atoms with Crippen LogP contribution < -0.4 is 0 Å². The van der Waals surface area contributed by atoms with Crippen molar-refractivity contribution in [1.29, 1.82) is 0 Å². The molecule has 0 N–H and O–H groups in total. The minimum Gasteiger partial charge on any atom is -0.189 e. The van der Waals surface area contributed by atoms with Gasteiger partial charge < -0.3 is 0 Å². The van der Waals surface area contributed by atoms with Gasteiger partial charge in [0.25, 0.3) is 0 Å². The molecule has 2 nitrogen and oxygen atoms in total. The minimum absolute atomic E-state index is 0.596. The third-order valence-corrected chi connectivity index (χ3v) is 0.610. The Hall–Kier alpha value is -0.660. The molecule has 0 aromatic rings. The van der Waals surface area contributed by atoms with Gasteiger partial charge in [-0.1, -0.05) is 20.4 Å². The average Bonchev–Trinajstić information content (AvgIpc) is 1.66. The zero-order valence-electron chi connectivity index (χ0n) is 5.46. The first kappa shape index (κ1) is 7.34. The fraction of sp³-hybridized carbons (Fsp3) is 0.667. The van der Waals surface area contributed by atoms with E-state index in [0.717, 1.165) is 6.54 Å². The molecule has 0 atom stereocenters. The van der Waals surface area contributed by atoms with Crippen molar-refractivity contribution in [1.82, 2.24) is 0 Å². The van der Waals surface area contributed by atoms with E-state index in [1.807, 2.05) is 0 Å². The van der Waals surface area contributed by atoms with Gasteiger partial charge in [0.05, 0.1) is 6.54 Å². The summed E-state index contributed by atoms with van der Waals surface area (Å²) in [6.07, 6.45) is 1.45. The van der Waals surface area contributed by atoms with Crippen molar-refractivity contribution in [3.8, 4) is 0 Å². The van der Waals surface area contributed by atoms with Crippen LogP contribution in [0.4, 0.5) is 0 Å². The van der Waals surface area contributed by atoms with Crippen LogP contribution in [0.5, 0.6) is 0 Å². The molecule has 8 heavy (non-hydrogen) atoms. The highest BCUT2D eigenvalue weighted by Crippen LogP contribution is 1.91. The zero-order valence-corrected chi connectivity index (χ0v) is 5.46. The normalized spacial score (nSPS) is 10.9. The second-order valence-corrected chi connectivity index (χ2v) is 2.02. The maximum atomic E-state index is 3.80. The van der Waals surface area contributed by atoms with Crippen LogP contribution in [0.3, 0.4) is 0 Å². The van der Waals surface area contributed by atoms with Gasteiger partial charge in [0.2, 0.25) is 0 Å². The molecule has 0 saturated heterocycles. The summed E-state index contributed by atoms with van der Waals surface area (Å²) in [4.78, 5) is 0. The molecular formula is C6H12N2. The highest BCUT2D eigenvalue weighted by Gasteiger charge is 1.86. The molecule has 0 spiro atoms. The summed E-state index contributed by atoms with van der Waals surface area (Å²) in [6.45, 7) is 8.39. The quantitative estimate of drug-likeness (QED) is 0.500. The van der Waals surface area contributed by atoms with Gasteiger partial charge >= 0.3 is 0 Å². The minimum atomic E-state index is 0.596. The predicted octanol–water partition coefficient (Wildman–Crippen LogP) is 2.24. The van der Waals surface area contributed by atoms with E-state index in [2.05, 4.69) is 30.7 Å². The molecule has 0 fully saturated rings. The molecule has 0 bridgehead atoms. The lowest BCUT2D eigenvalue weighted by Gasteiger charge is -1.92. The lowest BCUT2D eigenvalue weighted by molar-refractivity contribution is 0.647. The van der Waals surface area contributed by atoms with Crippen molar-refractivity contribution in [2.45, 2.75) is 13.8 Å². The van der Waals surface area contributed by atoms with E-state index in [9.17, 15) is 0 Å². The SMILES string of the molecule is C=CN=NCC(C)C. The van der Waals surface area contributed by atoms with Crippen LogP contribution in [0.25, 0.3) is 0 Å². The summed E-state index contributed by atoms with van der Waals surface area (Å²) in [7, 11) is 0.